The number of hydrogen-bond acceptors (Lipinski definition) is 5. The van der Waals surface area contributed by atoms with E-state index in [-0.39, 0.29) is 17.3 Å². The van der Waals surface area contributed by atoms with Gasteiger partial charge in [-0.2, -0.15) is 5.10 Å². The molecule has 1 heterocycles. The molecular formula is C26H33BrN6O3S. The molecular weight excluding hydrogens is 556 g/mol. The van der Waals surface area contributed by atoms with Crippen molar-refractivity contribution in [2.45, 2.75) is 58.5 Å². The summed E-state index contributed by atoms with van der Waals surface area (Å²) in [6.07, 6.45) is 5.78. The molecule has 198 valence electrons. The first kappa shape index (κ1) is 28.4. The normalized spacial score (nSPS) is 10.7. The lowest BCUT2D eigenvalue weighted by atomic mass is 10.1. The molecule has 3 rings (SSSR count). The van der Waals surface area contributed by atoms with Gasteiger partial charge in [0.2, 0.25) is 0 Å². The van der Waals surface area contributed by atoms with E-state index in [1.807, 2.05) is 48.5 Å². The lowest BCUT2D eigenvalue weighted by Gasteiger charge is -2.12. The molecule has 37 heavy (non-hydrogen) atoms. The summed E-state index contributed by atoms with van der Waals surface area (Å²) in [5.41, 5.74) is 6.67. The molecule has 0 atom stereocenters. The van der Waals surface area contributed by atoms with E-state index in [9.17, 15) is 9.59 Å². The minimum atomic E-state index is -0.416. The Kier molecular flexibility index (Phi) is 11.2. The van der Waals surface area contributed by atoms with Crippen molar-refractivity contribution in [2.75, 3.05) is 12.4 Å². The summed E-state index contributed by atoms with van der Waals surface area (Å²) in [6.45, 7) is 2.50. The third kappa shape index (κ3) is 9.01. The van der Waals surface area contributed by atoms with E-state index in [1.165, 1.54) is 15.7 Å². The molecule has 0 saturated carbocycles. The standard InChI is InChI=1S/C26H33BrN6O3S/c1-3-4-5-6-7-16-33-26(35)32(23(31-33)17-19-8-14-22(36-2)15-9-19)18-24(34)29-30-25(37)28-21-12-10-20(27)11-13-21/h8-15H,3-7,16-18H2,1-2H3,(H,29,34)(H2,28,30,37). The molecule has 0 unspecified atom stereocenters. The summed E-state index contributed by atoms with van der Waals surface area (Å²) in [5.74, 6) is 0.854. The number of hydrazine groups is 1. The number of nitrogens with zero attached hydrogens (tertiary/aromatic N) is 3. The molecule has 11 heteroatoms. The molecule has 0 saturated heterocycles. The Hall–Kier alpha value is -3.18. The Morgan fingerprint density at radius 2 is 1.73 bits per heavy atom. The molecule has 0 aliphatic rings. The molecule has 3 N–H and O–H groups in total. The first-order valence-electron chi connectivity index (χ1n) is 12.3. The molecule has 0 bridgehead atoms. The second-order valence-corrected chi connectivity index (χ2v) is 9.91. The maximum absolute atomic E-state index is 13.1. The van der Waals surface area contributed by atoms with Crippen LogP contribution in [0.15, 0.2) is 57.8 Å². The lowest BCUT2D eigenvalue weighted by molar-refractivity contribution is -0.122. The third-order valence-electron chi connectivity index (χ3n) is 5.71. The highest BCUT2D eigenvalue weighted by atomic mass is 79.9. The fraction of sp³-hybridized carbons (Fsp3) is 0.385. The Morgan fingerprint density at radius 3 is 2.41 bits per heavy atom. The van der Waals surface area contributed by atoms with E-state index in [0.29, 0.717) is 18.8 Å². The molecule has 0 aliphatic heterocycles. The zero-order valence-electron chi connectivity index (χ0n) is 21.1. The predicted octanol–water partition coefficient (Wildman–Crippen LogP) is 4.39. The Bertz CT molecular complexity index is 1220. The second kappa shape index (κ2) is 14.5. The van der Waals surface area contributed by atoms with Crippen LogP contribution >= 0.6 is 28.1 Å². The number of anilines is 1. The van der Waals surface area contributed by atoms with Crippen LogP contribution in [-0.2, 0) is 24.3 Å². The van der Waals surface area contributed by atoms with Gasteiger partial charge in [-0.15, -0.1) is 0 Å². The highest BCUT2D eigenvalue weighted by molar-refractivity contribution is 9.10. The zero-order chi connectivity index (χ0) is 26.6. The lowest BCUT2D eigenvalue weighted by Crippen LogP contribution is -2.46. The Balaban J connectivity index is 1.66. The largest absolute Gasteiger partial charge is 0.497 e. The number of carbonyl (C=O) groups is 1. The van der Waals surface area contributed by atoms with Crippen molar-refractivity contribution in [1.29, 1.82) is 0 Å². The van der Waals surface area contributed by atoms with Crippen molar-refractivity contribution < 1.29 is 9.53 Å². The molecule has 0 spiro atoms. The molecule has 0 aliphatic carbocycles. The number of aromatic nitrogens is 3. The number of carbonyl (C=O) groups excluding carboxylic acids is 1. The molecule has 3 aromatic rings. The number of rotatable bonds is 12. The number of unbranched alkanes of at least 4 members (excludes halogenated alkanes) is 4. The van der Waals surface area contributed by atoms with Crippen LogP contribution in [0.4, 0.5) is 5.69 Å². The molecule has 0 radical (unpaired) electrons. The number of hydrogen-bond donors (Lipinski definition) is 3. The number of ether oxygens (including phenoxy) is 1. The van der Waals surface area contributed by atoms with Gasteiger partial charge >= 0.3 is 5.69 Å². The number of methoxy groups -OCH3 is 1. The topological polar surface area (TPSA) is 102 Å². The summed E-state index contributed by atoms with van der Waals surface area (Å²) < 4.78 is 9.05. The van der Waals surface area contributed by atoms with Crippen LogP contribution in [0.3, 0.4) is 0 Å². The van der Waals surface area contributed by atoms with E-state index in [4.69, 9.17) is 17.0 Å². The van der Waals surface area contributed by atoms with Gasteiger partial charge in [-0.05, 0) is 60.6 Å². The van der Waals surface area contributed by atoms with E-state index in [2.05, 4.69) is 44.1 Å². The SMILES string of the molecule is CCCCCCCn1nc(Cc2ccc(OC)cc2)n(CC(=O)NNC(=S)Nc2ccc(Br)cc2)c1=O. The third-order valence-corrected chi connectivity index (χ3v) is 6.45. The number of thiocarbonyl (C=S) groups is 1. The van der Waals surface area contributed by atoms with Gasteiger partial charge < -0.3 is 10.1 Å². The van der Waals surface area contributed by atoms with Crippen molar-refractivity contribution in [1.82, 2.24) is 25.2 Å². The first-order chi connectivity index (χ1) is 17.9. The Labute approximate surface area is 230 Å². The fourth-order valence-electron chi connectivity index (χ4n) is 3.72. The van der Waals surface area contributed by atoms with Crippen LogP contribution in [0.1, 0.15) is 50.4 Å². The maximum atomic E-state index is 13.1. The van der Waals surface area contributed by atoms with Crippen molar-refractivity contribution >= 4 is 44.9 Å². The van der Waals surface area contributed by atoms with E-state index < -0.39 is 5.91 Å². The van der Waals surface area contributed by atoms with Gasteiger partial charge in [0.15, 0.2) is 5.11 Å². The molecule has 0 fully saturated rings. The minimum absolute atomic E-state index is 0.186. The van der Waals surface area contributed by atoms with Crippen molar-refractivity contribution in [2.24, 2.45) is 0 Å². The minimum Gasteiger partial charge on any atom is -0.497 e. The molecule has 2 aromatic carbocycles. The quantitative estimate of drug-likeness (QED) is 0.164. The van der Waals surface area contributed by atoms with Crippen LogP contribution in [0, 0.1) is 0 Å². The summed E-state index contributed by atoms with van der Waals surface area (Å²) in [4.78, 5) is 25.9. The fourth-order valence-corrected chi connectivity index (χ4v) is 4.15. The van der Waals surface area contributed by atoms with Gasteiger partial charge in [-0.3, -0.25) is 20.2 Å². The smallest absolute Gasteiger partial charge is 0.346 e. The summed E-state index contributed by atoms with van der Waals surface area (Å²) in [7, 11) is 1.61. The summed E-state index contributed by atoms with van der Waals surface area (Å²) in [5, 5.41) is 7.78. The zero-order valence-corrected chi connectivity index (χ0v) is 23.5. The number of aryl methyl sites for hydroxylation is 1. The highest BCUT2D eigenvalue weighted by Gasteiger charge is 2.17. The van der Waals surface area contributed by atoms with Crippen LogP contribution in [0.25, 0.3) is 0 Å². The van der Waals surface area contributed by atoms with Crippen molar-refractivity contribution in [3.63, 3.8) is 0 Å². The van der Waals surface area contributed by atoms with Gasteiger partial charge in [-0.1, -0.05) is 60.7 Å². The van der Waals surface area contributed by atoms with Gasteiger partial charge in [0.1, 0.15) is 18.1 Å². The van der Waals surface area contributed by atoms with Gasteiger partial charge in [0.25, 0.3) is 5.91 Å². The van der Waals surface area contributed by atoms with E-state index in [0.717, 1.165) is 47.2 Å². The average Bonchev–Trinajstić information content (AvgIpc) is 3.18. The molecule has 1 amide bonds. The van der Waals surface area contributed by atoms with Crippen LogP contribution in [0.2, 0.25) is 0 Å². The van der Waals surface area contributed by atoms with Crippen LogP contribution in [-0.4, -0.2) is 32.5 Å². The molecule has 1 aromatic heterocycles. The number of amides is 1. The number of nitrogens with one attached hydrogen (secondary N) is 3. The highest BCUT2D eigenvalue weighted by Crippen LogP contribution is 2.15. The van der Waals surface area contributed by atoms with E-state index in [1.54, 1.807) is 7.11 Å². The van der Waals surface area contributed by atoms with Gasteiger partial charge in [-0.25, -0.2) is 9.48 Å². The average molecular weight is 590 g/mol. The van der Waals surface area contributed by atoms with Gasteiger partial charge in [0.05, 0.1) is 7.11 Å². The maximum Gasteiger partial charge on any atom is 0.346 e. The molecule has 9 nitrogen and oxygen atoms in total. The monoisotopic (exact) mass is 588 g/mol. The Morgan fingerprint density at radius 1 is 1.03 bits per heavy atom. The predicted molar refractivity (Wildman–Crippen MR) is 153 cm³/mol. The second-order valence-electron chi connectivity index (χ2n) is 8.58. The summed E-state index contributed by atoms with van der Waals surface area (Å²) >= 11 is 8.63. The number of halogens is 1. The van der Waals surface area contributed by atoms with Crippen LogP contribution in [0.5, 0.6) is 5.75 Å². The summed E-state index contributed by atoms with van der Waals surface area (Å²) in [6, 6.07) is 15.0. The van der Waals surface area contributed by atoms with Crippen molar-refractivity contribution in [3.8, 4) is 5.75 Å². The van der Waals surface area contributed by atoms with E-state index >= 15 is 0 Å². The van der Waals surface area contributed by atoms with Crippen molar-refractivity contribution in [3.05, 3.63) is 74.9 Å². The number of benzene rings is 2. The first-order valence-corrected chi connectivity index (χ1v) is 13.5. The van der Waals surface area contributed by atoms with Gasteiger partial charge in [0, 0.05) is 23.1 Å². The van der Waals surface area contributed by atoms with Crippen LogP contribution < -0.4 is 26.6 Å².